The van der Waals surface area contributed by atoms with Crippen LogP contribution < -0.4 is 0 Å². The molecule has 0 radical (unpaired) electrons. The molecular formula is C15H19BrO3S. The summed E-state index contributed by atoms with van der Waals surface area (Å²) in [5.41, 5.74) is 1.04. The maximum atomic E-state index is 12.3. The van der Waals surface area contributed by atoms with Crippen molar-refractivity contribution >= 4 is 26.0 Å². The van der Waals surface area contributed by atoms with Gasteiger partial charge in [-0.25, -0.2) is 0 Å². The fraction of sp³-hybridized carbons (Fsp3) is 0.600. The van der Waals surface area contributed by atoms with E-state index >= 15 is 0 Å². The number of aryl methyl sites for hydroxylation is 1. The van der Waals surface area contributed by atoms with Gasteiger partial charge >= 0.3 is 0 Å². The first-order valence-electron chi connectivity index (χ1n) is 7.05. The van der Waals surface area contributed by atoms with Crippen LogP contribution in [0, 0.1) is 24.7 Å². The van der Waals surface area contributed by atoms with Crippen molar-refractivity contribution in [1.82, 2.24) is 0 Å². The van der Waals surface area contributed by atoms with Gasteiger partial charge in [0, 0.05) is 5.33 Å². The van der Waals surface area contributed by atoms with Gasteiger partial charge in [0.05, 0.1) is 11.0 Å². The van der Waals surface area contributed by atoms with E-state index in [2.05, 4.69) is 15.9 Å². The van der Waals surface area contributed by atoms with E-state index in [4.69, 9.17) is 4.18 Å². The number of benzene rings is 1. The maximum absolute atomic E-state index is 12.3. The van der Waals surface area contributed by atoms with Crippen molar-refractivity contribution in [2.24, 2.45) is 17.8 Å². The van der Waals surface area contributed by atoms with Crippen LogP contribution >= 0.6 is 15.9 Å². The van der Waals surface area contributed by atoms with E-state index in [0.29, 0.717) is 17.8 Å². The highest BCUT2D eigenvalue weighted by Gasteiger charge is 2.47. The van der Waals surface area contributed by atoms with Crippen LogP contribution in [-0.4, -0.2) is 19.9 Å². The quantitative estimate of drug-likeness (QED) is 0.610. The monoisotopic (exact) mass is 358 g/mol. The molecule has 4 atom stereocenters. The Labute approximate surface area is 129 Å². The average Bonchev–Trinajstić information content (AvgIpc) is 2.97. The van der Waals surface area contributed by atoms with Crippen molar-refractivity contribution in [3.05, 3.63) is 29.8 Å². The molecule has 0 aliphatic heterocycles. The van der Waals surface area contributed by atoms with Gasteiger partial charge in [0.15, 0.2) is 0 Å². The lowest BCUT2D eigenvalue weighted by Gasteiger charge is -2.27. The topological polar surface area (TPSA) is 43.4 Å². The minimum absolute atomic E-state index is 0.136. The van der Waals surface area contributed by atoms with E-state index in [0.717, 1.165) is 23.7 Å². The number of alkyl halides is 1. The summed E-state index contributed by atoms with van der Waals surface area (Å²) in [6.45, 7) is 1.94. The zero-order valence-corrected chi connectivity index (χ0v) is 13.9. The van der Waals surface area contributed by atoms with Crippen molar-refractivity contribution in [3.63, 3.8) is 0 Å². The lowest BCUT2D eigenvalue weighted by molar-refractivity contribution is 0.117. The normalized spacial score (nSPS) is 32.7. The third-order valence-corrected chi connectivity index (χ3v) is 6.83. The minimum atomic E-state index is -3.63. The molecule has 110 valence electrons. The molecule has 0 unspecified atom stereocenters. The smallest absolute Gasteiger partial charge is 0.263 e. The highest BCUT2D eigenvalue weighted by atomic mass is 79.9. The van der Waals surface area contributed by atoms with Gasteiger partial charge in [-0.1, -0.05) is 33.6 Å². The van der Waals surface area contributed by atoms with Crippen molar-refractivity contribution < 1.29 is 12.6 Å². The summed E-state index contributed by atoms with van der Waals surface area (Å²) >= 11 is 3.53. The van der Waals surface area contributed by atoms with Crippen LogP contribution in [0.25, 0.3) is 0 Å². The molecule has 0 heterocycles. The Morgan fingerprint density at radius 2 is 1.90 bits per heavy atom. The van der Waals surface area contributed by atoms with Crippen LogP contribution in [-0.2, 0) is 14.3 Å². The molecule has 0 saturated heterocycles. The molecule has 3 rings (SSSR count). The van der Waals surface area contributed by atoms with Crippen molar-refractivity contribution in [3.8, 4) is 0 Å². The fourth-order valence-corrected chi connectivity index (χ4v) is 5.51. The highest BCUT2D eigenvalue weighted by molar-refractivity contribution is 9.09. The first-order valence-corrected chi connectivity index (χ1v) is 9.58. The number of rotatable bonds is 4. The number of halogens is 1. The van der Waals surface area contributed by atoms with Gasteiger partial charge in [-0.2, -0.15) is 8.42 Å². The standard InChI is InChI=1S/C15H19BrO3S/c1-10-2-4-13(5-3-10)20(17,18)19-15-8-11-6-12(9-16)14(15)7-11/h2-5,11-12,14-15H,6-9H2,1H3/t11-,12+,14+,15+/m0/s1. The first kappa shape index (κ1) is 14.5. The molecule has 0 spiro atoms. The van der Waals surface area contributed by atoms with Gasteiger partial charge in [0.25, 0.3) is 10.1 Å². The van der Waals surface area contributed by atoms with Gasteiger partial charge in [-0.3, -0.25) is 4.18 Å². The summed E-state index contributed by atoms with van der Waals surface area (Å²) in [4.78, 5) is 0.265. The molecular weight excluding hydrogens is 340 g/mol. The second-order valence-corrected chi connectivity index (χ2v) is 8.27. The van der Waals surface area contributed by atoms with Crippen LogP contribution in [0.5, 0.6) is 0 Å². The minimum Gasteiger partial charge on any atom is -0.263 e. The van der Waals surface area contributed by atoms with Gasteiger partial charge < -0.3 is 0 Å². The van der Waals surface area contributed by atoms with E-state index in [1.54, 1.807) is 24.3 Å². The van der Waals surface area contributed by atoms with Crippen LogP contribution in [0.2, 0.25) is 0 Å². The SMILES string of the molecule is Cc1ccc(S(=O)(=O)O[C@@H]2C[C@H]3C[C@H](CBr)[C@H]2C3)cc1. The fourth-order valence-electron chi connectivity index (χ4n) is 3.64. The molecule has 5 heteroatoms. The summed E-state index contributed by atoms with van der Waals surface area (Å²) < 4.78 is 30.2. The molecule has 2 aliphatic carbocycles. The van der Waals surface area contributed by atoms with Crippen LogP contribution in [0.1, 0.15) is 24.8 Å². The molecule has 0 aromatic heterocycles. The molecule has 1 aromatic rings. The number of fused-ring (bicyclic) bond motifs is 2. The van der Waals surface area contributed by atoms with E-state index < -0.39 is 10.1 Å². The maximum Gasteiger partial charge on any atom is 0.297 e. The molecule has 20 heavy (non-hydrogen) atoms. The van der Waals surface area contributed by atoms with Gasteiger partial charge in [-0.05, 0) is 56.1 Å². The summed E-state index contributed by atoms with van der Waals surface area (Å²) in [6, 6.07) is 6.86. The molecule has 0 amide bonds. The summed E-state index contributed by atoms with van der Waals surface area (Å²) in [5, 5.41) is 0.943. The van der Waals surface area contributed by atoms with Crippen LogP contribution in [0.4, 0.5) is 0 Å². The third kappa shape index (κ3) is 2.68. The molecule has 2 fully saturated rings. The Kier molecular flexibility index (Phi) is 3.95. The Bertz CT molecular complexity index is 582. The highest BCUT2D eigenvalue weighted by Crippen LogP contribution is 2.50. The zero-order chi connectivity index (χ0) is 14.3. The largest absolute Gasteiger partial charge is 0.297 e. The molecule has 1 aromatic carbocycles. The Morgan fingerprint density at radius 3 is 2.50 bits per heavy atom. The molecule has 2 saturated carbocycles. The summed E-state index contributed by atoms with van der Waals surface area (Å²) in [5.74, 6) is 1.59. The zero-order valence-electron chi connectivity index (χ0n) is 11.5. The van der Waals surface area contributed by atoms with Gasteiger partial charge in [-0.15, -0.1) is 0 Å². The number of hydrogen-bond acceptors (Lipinski definition) is 3. The predicted molar refractivity (Wildman–Crippen MR) is 81.4 cm³/mol. The van der Waals surface area contributed by atoms with E-state index in [9.17, 15) is 8.42 Å². The van der Waals surface area contributed by atoms with Crippen molar-refractivity contribution in [2.75, 3.05) is 5.33 Å². The van der Waals surface area contributed by atoms with E-state index in [1.165, 1.54) is 6.42 Å². The predicted octanol–water partition coefficient (Wildman–Crippen LogP) is 3.51. The van der Waals surface area contributed by atoms with Crippen LogP contribution in [0.15, 0.2) is 29.2 Å². The molecule has 2 aliphatic rings. The summed E-state index contributed by atoms with van der Waals surface area (Å²) in [6.07, 6.45) is 3.08. The molecule has 3 nitrogen and oxygen atoms in total. The molecule has 2 bridgehead atoms. The Hall–Kier alpha value is -0.390. The van der Waals surface area contributed by atoms with Crippen LogP contribution in [0.3, 0.4) is 0 Å². The lowest BCUT2D eigenvalue weighted by Crippen LogP contribution is -2.30. The second kappa shape index (κ2) is 5.43. The lowest BCUT2D eigenvalue weighted by atomic mass is 9.88. The van der Waals surface area contributed by atoms with Gasteiger partial charge in [0.2, 0.25) is 0 Å². The summed E-state index contributed by atoms with van der Waals surface area (Å²) in [7, 11) is -3.63. The number of hydrogen-bond donors (Lipinski definition) is 0. The average molecular weight is 359 g/mol. The third-order valence-electron chi connectivity index (χ3n) is 4.65. The molecule has 0 N–H and O–H groups in total. The second-order valence-electron chi connectivity index (χ2n) is 6.05. The van der Waals surface area contributed by atoms with Crippen molar-refractivity contribution in [1.29, 1.82) is 0 Å². The van der Waals surface area contributed by atoms with E-state index in [1.807, 2.05) is 6.92 Å². The van der Waals surface area contributed by atoms with Crippen molar-refractivity contribution in [2.45, 2.75) is 37.2 Å². The first-order chi connectivity index (χ1) is 9.49. The Balaban J connectivity index is 1.76. The van der Waals surface area contributed by atoms with E-state index in [-0.39, 0.29) is 11.0 Å². The Morgan fingerprint density at radius 1 is 1.20 bits per heavy atom. The van der Waals surface area contributed by atoms with Gasteiger partial charge in [0.1, 0.15) is 0 Å².